The average Bonchev–Trinajstić information content (AvgIpc) is 2.78. The zero-order valence-electron chi connectivity index (χ0n) is 16.5. The zero-order valence-corrected chi connectivity index (χ0v) is 16.5. The summed E-state index contributed by atoms with van der Waals surface area (Å²) in [6.07, 6.45) is 4.31. The van der Waals surface area contributed by atoms with Crippen molar-refractivity contribution in [1.29, 1.82) is 0 Å². The number of carbonyl (C=O) groups is 1. The van der Waals surface area contributed by atoms with Gasteiger partial charge in [-0.25, -0.2) is 0 Å². The lowest BCUT2D eigenvalue weighted by molar-refractivity contribution is -0.121. The Bertz CT molecular complexity index is 1180. The monoisotopic (exact) mass is 379 g/mol. The highest BCUT2D eigenvalue weighted by atomic mass is 16.1. The molecule has 4 aromatic rings. The minimum atomic E-state index is 0.160. The summed E-state index contributed by atoms with van der Waals surface area (Å²) >= 11 is 0. The summed E-state index contributed by atoms with van der Waals surface area (Å²) in [6, 6.07) is 28.1. The summed E-state index contributed by atoms with van der Waals surface area (Å²) in [4.78, 5) is 12.5. The van der Waals surface area contributed by atoms with Gasteiger partial charge in [-0.1, -0.05) is 78.9 Å². The van der Waals surface area contributed by atoms with Crippen LogP contribution in [-0.4, -0.2) is 11.9 Å². The molecule has 0 saturated carbocycles. The Morgan fingerprint density at radius 3 is 2.52 bits per heavy atom. The first-order valence-electron chi connectivity index (χ1n) is 10.5. The predicted octanol–water partition coefficient (Wildman–Crippen LogP) is 5.60. The summed E-state index contributed by atoms with van der Waals surface area (Å²) in [5.41, 5.74) is 4.06. The van der Waals surface area contributed by atoms with E-state index in [2.05, 4.69) is 66.0 Å². The number of carbonyl (C=O) groups excluding carboxylic acids is 1. The molecule has 1 N–H and O–H groups in total. The van der Waals surface area contributed by atoms with E-state index in [1.165, 1.54) is 38.2 Å². The maximum atomic E-state index is 12.5. The van der Waals surface area contributed by atoms with E-state index in [0.29, 0.717) is 6.42 Å². The molecular weight excluding hydrogens is 354 g/mol. The van der Waals surface area contributed by atoms with Crippen LogP contribution in [0.25, 0.3) is 21.5 Å². The highest BCUT2D eigenvalue weighted by Gasteiger charge is 2.22. The van der Waals surface area contributed by atoms with E-state index in [9.17, 15) is 4.79 Å². The topological polar surface area (TPSA) is 29.1 Å². The molecule has 0 radical (unpaired) electrons. The molecule has 0 heterocycles. The second-order valence-electron chi connectivity index (χ2n) is 8.08. The van der Waals surface area contributed by atoms with Crippen molar-refractivity contribution < 1.29 is 4.79 Å². The first-order chi connectivity index (χ1) is 14.3. The van der Waals surface area contributed by atoms with E-state index >= 15 is 0 Å². The molecule has 0 spiro atoms. The molecule has 4 aromatic carbocycles. The van der Waals surface area contributed by atoms with Crippen LogP contribution in [0.4, 0.5) is 0 Å². The Labute approximate surface area is 171 Å². The van der Waals surface area contributed by atoms with Crippen LogP contribution in [-0.2, 0) is 24.1 Å². The summed E-state index contributed by atoms with van der Waals surface area (Å²) in [5, 5.41) is 8.53. The number of hydrogen-bond acceptors (Lipinski definition) is 1. The minimum absolute atomic E-state index is 0.160. The van der Waals surface area contributed by atoms with E-state index in [1.54, 1.807) is 0 Å². The Morgan fingerprint density at radius 2 is 1.62 bits per heavy atom. The van der Waals surface area contributed by atoms with E-state index in [0.717, 1.165) is 25.7 Å². The van der Waals surface area contributed by atoms with Crippen LogP contribution in [0, 0.1) is 0 Å². The molecule has 1 aliphatic rings. The van der Waals surface area contributed by atoms with Gasteiger partial charge in [0.1, 0.15) is 0 Å². The van der Waals surface area contributed by atoms with Crippen LogP contribution in [0.5, 0.6) is 0 Å². The van der Waals surface area contributed by atoms with Crippen molar-refractivity contribution in [3.63, 3.8) is 0 Å². The summed E-state index contributed by atoms with van der Waals surface area (Å²) in [7, 11) is 0. The van der Waals surface area contributed by atoms with Gasteiger partial charge < -0.3 is 5.32 Å². The number of nitrogens with one attached hydrogen (secondary N) is 1. The first-order valence-corrected chi connectivity index (χ1v) is 10.5. The van der Waals surface area contributed by atoms with E-state index < -0.39 is 0 Å². The van der Waals surface area contributed by atoms with Gasteiger partial charge in [0.25, 0.3) is 0 Å². The molecule has 2 heteroatoms. The summed E-state index contributed by atoms with van der Waals surface area (Å²) < 4.78 is 0. The van der Waals surface area contributed by atoms with Crippen LogP contribution in [0.3, 0.4) is 0 Å². The van der Waals surface area contributed by atoms with E-state index in [4.69, 9.17) is 0 Å². The van der Waals surface area contributed by atoms with Crippen LogP contribution in [0.1, 0.15) is 29.5 Å². The van der Waals surface area contributed by atoms with E-state index in [-0.39, 0.29) is 11.9 Å². The van der Waals surface area contributed by atoms with Crippen LogP contribution < -0.4 is 5.32 Å². The number of benzene rings is 4. The SMILES string of the molecule is O=C(CCc1ccccc1)N[C@@H]1CCc2ccc3c(ccc4ccccc43)c2C1. The van der Waals surface area contributed by atoms with Crippen LogP contribution in [0.15, 0.2) is 78.9 Å². The van der Waals surface area contributed by atoms with Gasteiger partial charge in [0, 0.05) is 12.5 Å². The molecule has 29 heavy (non-hydrogen) atoms. The van der Waals surface area contributed by atoms with Crippen molar-refractivity contribution in [3.8, 4) is 0 Å². The fraction of sp³-hybridized carbons (Fsp3) is 0.222. The molecule has 1 amide bonds. The molecule has 0 aromatic heterocycles. The minimum Gasteiger partial charge on any atom is -0.353 e. The molecule has 2 nitrogen and oxygen atoms in total. The molecular formula is C27H25NO. The van der Waals surface area contributed by atoms with Gasteiger partial charge in [-0.2, -0.15) is 0 Å². The van der Waals surface area contributed by atoms with Gasteiger partial charge in [-0.05, 0) is 63.9 Å². The Morgan fingerprint density at radius 1 is 0.828 bits per heavy atom. The third kappa shape index (κ3) is 3.63. The molecule has 0 unspecified atom stereocenters. The molecule has 1 aliphatic carbocycles. The Kier molecular flexibility index (Phi) is 4.77. The lowest BCUT2D eigenvalue weighted by atomic mass is 9.84. The fourth-order valence-corrected chi connectivity index (χ4v) is 4.67. The van der Waals surface area contributed by atoms with Gasteiger partial charge >= 0.3 is 0 Å². The number of rotatable bonds is 4. The maximum absolute atomic E-state index is 12.5. The van der Waals surface area contributed by atoms with Gasteiger partial charge in [0.15, 0.2) is 0 Å². The third-order valence-corrected chi connectivity index (χ3v) is 6.20. The molecule has 0 bridgehead atoms. The molecule has 1 atom stereocenters. The summed E-state index contributed by atoms with van der Waals surface area (Å²) in [5.74, 6) is 0.160. The third-order valence-electron chi connectivity index (χ3n) is 6.20. The first kappa shape index (κ1) is 17.9. The van der Waals surface area contributed by atoms with Crippen molar-refractivity contribution in [3.05, 3.63) is 95.6 Å². The average molecular weight is 380 g/mol. The smallest absolute Gasteiger partial charge is 0.220 e. The number of aryl methyl sites for hydroxylation is 2. The predicted molar refractivity (Wildman–Crippen MR) is 120 cm³/mol. The van der Waals surface area contributed by atoms with Crippen molar-refractivity contribution in [1.82, 2.24) is 5.32 Å². The number of hydrogen-bond donors (Lipinski definition) is 1. The van der Waals surface area contributed by atoms with Crippen molar-refractivity contribution in [2.24, 2.45) is 0 Å². The van der Waals surface area contributed by atoms with Crippen LogP contribution >= 0.6 is 0 Å². The van der Waals surface area contributed by atoms with E-state index in [1.807, 2.05) is 18.2 Å². The van der Waals surface area contributed by atoms with Gasteiger partial charge in [-0.3, -0.25) is 4.79 Å². The number of amides is 1. The fourth-order valence-electron chi connectivity index (χ4n) is 4.67. The lowest BCUT2D eigenvalue weighted by Gasteiger charge is -2.27. The quantitative estimate of drug-likeness (QED) is 0.460. The largest absolute Gasteiger partial charge is 0.353 e. The molecule has 0 fully saturated rings. The van der Waals surface area contributed by atoms with Gasteiger partial charge in [0.05, 0.1) is 0 Å². The molecule has 144 valence electrons. The number of fused-ring (bicyclic) bond motifs is 5. The lowest BCUT2D eigenvalue weighted by Crippen LogP contribution is -2.39. The normalized spacial score (nSPS) is 15.9. The molecule has 0 aliphatic heterocycles. The van der Waals surface area contributed by atoms with Crippen LogP contribution in [0.2, 0.25) is 0 Å². The Balaban J connectivity index is 1.35. The molecule has 5 rings (SSSR count). The second-order valence-corrected chi connectivity index (χ2v) is 8.08. The second kappa shape index (κ2) is 7.71. The van der Waals surface area contributed by atoms with Crippen molar-refractivity contribution >= 4 is 27.5 Å². The van der Waals surface area contributed by atoms with Crippen molar-refractivity contribution in [2.75, 3.05) is 0 Å². The zero-order chi connectivity index (χ0) is 19.6. The molecule has 0 saturated heterocycles. The maximum Gasteiger partial charge on any atom is 0.220 e. The van der Waals surface area contributed by atoms with Gasteiger partial charge in [-0.15, -0.1) is 0 Å². The van der Waals surface area contributed by atoms with Crippen molar-refractivity contribution in [2.45, 2.75) is 38.1 Å². The highest BCUT2D eigenvalue weighted by Crippen LogP contribution is 2.33. The standard InChI is InChI=1S/C27H25NO/c29-27(17-10-19-6-2-1-3-7-19)28-22-14-11-21-13-15-24-23-9-5-4-8-20(23)12-16-25(24)26(21)18-22/h1-9,12-13,15-16,22H,10-11,14,17-18H2,(H,28,29)/t22-/m1/s1. The Hall–Kier alpha value is -3.13. The summed E-state index contributed by atoms with van der Waals surface area (Å²) in [6.45, 7) is 0. The van der Waals surface area contributed by atoms with Gasteiger partial charge in [0.2, 0.25) is 5.91 Å². The highest BCUT2D eigenvalue weighted by molar-refractivity contribution is 6.08.